The molecule has 1 aromatic rings. The third kappa shape index (κ3) is 4.22. The Bertz CT molecular complexity index is 446. The van der Waals surface area contributed by atoms with E-state index in [4.69, 9.17) is 5.21 Å². The molecule has 0 aromatic heterocycles. The molecule has 0 radical (unpaired) electrons. The molecular formula is C11H16FN2O3P. The maximum atomic E-state index is 12.8. The topological polar surface area (TPSA) is 69.6 Å². The lowest BCUT2D eigenvalue weighted by molar-refractivity contribution is -0.151. The van der Waals surface area contributed by atoms with E-state index in [0.29, 0.717) is 10.6 Å². The Kier molecular flexibility index (Phi) is 5.02. The van der Waals surface area contributed by atoms with Gasteiger partial charge < -0.3 is 4.57 Å². The van der Waals surface area contributed by atoms with Gasteiger partial charge in [-0.25, -0.2) is 9.45 Å². The van der Waals surface area contributed by atoms with Crippen LogP contribution in [0.1, 0.15) is 11.3 Å². The molecule has 0 spiro atoms. The maximum absolute atomic E-state index is 12.8. The second-order valence-electron chi connectivity index (χ2n) is 4.30. The van der Waals surface area contributed by atoms with E-state index in [0.717, 1.165) is 0 Å². The molecule has 0 saturated carbocycles. The van der Waals surface area contributed by atoms with Gasteiger partial charge in [0, 0.05) is 0 Å². The molecule has 1 rings (SSSR count). The predicted molar refractivity (Wildman–Crippen MR) is 66.3 cm³/mol. The van der Waals surface area contributed by atoms with Gasteiger partial charge in [-0.3, -0.25) is 15.3 Å². The van der Waals surface area contributed by atoms with Crippen molar-refractivity contribution in [3.63, 3.8) is 0 Å². The van der Waals surface area contributed by atoms with Crippen LogP contribution in [0.2, 0.25) is 0 Å². The first-order valence-electron chi connectivity index (χ1n) is 5.29. The number of benzene rings is 1. The number of amides is 1. The minimum atomic E-state index is -2.57. The first-order chi connectivity index (χ1) is 8.34. The van der Waals surface area contributed by atoms with Gasteiger partial charge in [0.15, 0.2) is 0 Å². The second kappa shape index (κ2) is 6.09. The fraction of sp³-hybridized carbons (Fsp3) is 0.364. The van der Waals surface area contributed by atoms with Crippen molar-refractivity contribution in [1.82, 2.24) is 10.4 Å². The number of halogens is 1. The molecule has 0 fully saturated rings. The van der Waals surface area contributed by atoms with E-state index >= 15 is 0 Å². The SMILES string of the molecule is CP(C)(=O)C(NCN(O)C=O)c1ccc(F)cc1. The summed E-state index contributed by atoms with van der Waals surface area (Å²) in [5, 5.41) is 12.2. The van der Waals surface area contributed by atoms with E-state index in [1.165, 1.54) is 24.3 Å². The van der Waals surface area contributed by atoms with Crippen molar-refractivity contribution in [2.75, 3.05) is 20.0 Å². The van der Waals surface area contributed by atoms with Crippen molar-refractivity contribution in [2.45, 2.75) is 5.78 Å². The zero-order valence-electron chi connectivity index (χ0n) is 10.2. The Morgan fingerprint density at radius 3 is 2.44 bits per heavy atom. The molecule has 5 nitrogen and oxygen atoms in total. The molecule has 0 heterocycles. The average molecular weight is 274 g/mol. The standard InChI is InChI=1S/C11H16FN2O3P/c1-18(2,17)11(13-7-14(16)8-15)9-3-5-10(12)6-4-9/h3-6,8,11,13,16H,7H2,1-2H3. The molecule has 1 aromatic carbocycles. The normalized spacial score (nSPS) is 13.1. The van der Waals surface area contributed by atoms with Crippen LogP contribution in [0.25, 0.3) is 0 Å². The monoisotopic (exact) mass is 274 g/mol. The third-order valence-electron chi connectivity index (χ3n) is 2.38. The number of hydrogen-bond donors (Lipinski definition) is 2. The highest BCUT2D eigenvalue weighted by molar-refractivity contribution is 7.62. The highest BCUT2D eigenvalue weighted by Gasteiger charge is 2.24. The lowest BCUT2D eigenvalue weighted by Gasteiger charge is -2.24. The molecule has 1 unspecified atom stereocenters. The van der Waals surface area contributed by atoms with Crippen LogP contribution in [-0.4, -0.2) is 36.7 Å². The molecule has 1 amide bonds. The Morgan fingerprint density at radius 2 is 2.00 bits per heavy atom. The minimum Gasteiger partial charge on any atom is -0.322 e. The summed E-state index contributed by atoms with van der Waals surface area (Å²) in [7, 11) is -2.57. The van der Waals surface area contributed by atoms with Gasteiger partial charge in [0.25, 0.3) is 0 Å². The smallest absolute Gasteiger partial charge is 0.234 e. The van der Waals surface area contributed by atoms with Gasteiger partial charge in [0.1, 0.15) is 13.0 Å². The molecule has 0 aliphatic heterocycles. The van der Waals surface area contributed by atoms with Gasteiger partial charge in [-0.05, 0) is 31.0 Å². The first kappa shape index (κ1) is 14.8. The quantitative estimate of drug-likeness (QED) is 0.273. The Labute approximate surface area is 105 Å². The minimum absolute atomic E-state index is 0.156. The van der Waals surface area contributed by atoms with E-state index in [1.54, 1.807) is 13.3 Å². The summed E-state index contributed by atoms with van der Waals surface area (Å²) < 4.78 is 25.0. The van der Waals surface area contributed by atoms with Gasteiger partial charge in [0.2, 0.25) is 6.41 Å². The highest BCUT2D eigenvalue weighted by Crippen LogP contribution is 2.50. The zero-order valence-corrected chi connectivity index (χ0v) is 11.1. The van der Waals surface area contributed by atoms with Crippen LogP contribution in [0.3, 0.4) is 0 Å². The molecule has 0 aliphatic rings. The number of carbonyl (C=O) groups is 1. The van der Waals surface area contributed by atoms with E-state index in [1.807, 2.05) is 0 Å². The van der Waals surface area contributed by atoms with Crippen LogP contribution in [0.5, 0.6) is 0 Å². The van der Waals surface area contributed by atoms with Gasteiger partial charge in [-0.1, -0.05) is 12.1 Å². The Morgan fingerprint density at radius 1 is 1.44 bits per heavy atom. The average Bonchev–Trinajstić information content (AvgIpc) is 2.29. The lowest BCUT2D eigenvalue weighted by atomic mass is 10.2. The first-order valence-corrected chi connectivity index (χ1v) is 7.96. The van der Waals surface area contributed by atoms with Gasteiger partial charge in [-0.2, -0.15) is 0 Å². The molecule has 7 heteroatoms. The van der Waals surface area contributed by atoms with Crippen molar-refractivity contribution < 1.29 is 19.0 Å². The molecular weight excluding hydrogens is 258 g/mol. The molecule has 0 aliphatic carbocycles. The Hall–Kier alpha value is -1.23. The number of nitrogens with one attached hydrogen (secondary N) is 1. The molecule has 1 atom stereocenters. The predicted octanol–water partition coefficient (Wildman–Crippen LogP) is 1.84. The number of nitrogens with zero attached hydrogens (tertiary/aromatic N) is 1. The van der Waals surface area contributed by atoms with E-state index < -0.39 is 12.9 Å². The molecule has 0 bridgehead atoms. The van der Waals surface area contributed by atoms with Gasteiger partial charge >= 0.3 is 0 Å². The van der Waals surface area contributed by atoms with Gasteiger partial charge in [0.05, 0.1) is 12.5 Å². The van der Waals surface area contributed by atoms with Crippen molar-refractivity contribution in [2.24, 2.45) is 0 Å². The van der Waals surface area contributed by atoms with Crippen molar-refractivity contribution in [1.29, 1.82) is 0 Å². The maximum Gasteiger partial charge on any atom is 0.234 e. The number of hydrogen-bond acceptors (Lipinski definition) is 4. The lowest BCUT2D eigenvalue weighted by Crippen LogP contribution is -2.33. The third-order valence-corrected chi connectivity index (χ3v) is 4.10. The van der Waals surface area contributed by atoms with Crippen molar-refractivity contribution >= 4 is 13.6 Å². The second-order valence-corrected chi connectivity index (χ2v) is 7.68. The van der Waals surface area contributed by atoms with E-state index in [2.05, 4.69) is 5.32 Å². The summed E-state index contributed by atoms with van der Waals surface area (Å²) in [4.78, 5) is 10.3. The van der Waals surface area contributed by atoms with Crippen molar-refractivity contribution in [3.8, 4) is 0 Å². The van der Waals surface area contributed by atoms with E-state index in [9.17, 15) is 13.8 Å². The highest BCUT2D eigenvalue weighted by atomic mass is 31.2. The fourth-order valence-electron chi connectivity index (χ4n) is 1.56. The molecule has 2 N–H and O–H groups in total. The van der Waals surface area contributed by atoms with Crippen LogP contribution < -0.4 is 5.32 Å². The van der Waals surface area contributed by atoms with Crippen LogP contribution >= 0.6 is 7.14 Å². The summed E-state index contributed by atoms with van der Waals surface area (Å²) >= 11 is 0. The summed E-state index contributed by atoms with van der Waals surface area (Å²) in [6.45, 7) is 3.00. The van der Waals surface area contributed by atoms with Crippen LogP contribution in [0.15, 0.2) is 24.3 Å². The molecule has 100 valence electrons. The Balaban J connectivity index is 2.89. The zero-order chi connectivity index (χ0) is 13.8. The fourth-order valence-corrected chi connectivity index (χ4v) is 2.97. The summed E-state index contributed by atoms with van der Waals surface area (Å²) in [5.41, 5.74) is 0.643. The summed E-state index contributed by atoms with van der Waals surface area (Å²) in [5.74, 6) is -0.927. The number of hydroxylamine groups is 2. The molecule has 0 saturated heterocycles. The molecule has 18 heavy (non-hydrogen) atoms. The summed E-state index contributed by atoms with van der Waals surface area (Å²) in [6.07, 6.45) is 0.241. The van der Waals surface area contributed by atoms with Crippen molar-refractivity contribution in [3.05, 3.63) is 35.6 Å². The largest absolute Gasteiger partial charge is 0.322 e. The van der Waals surface area contributed by atoms with Crippen LogP contribution in [-0.2, 0) is 9.36 Å². The van der Waals surface area contributed by atoms with Gasteiger partial charge in [-0.15, -0.1) is 0 Å². The van der Waals surface area contributed by atoms with E-state index in [-0.39, 0.29) is 18.9 Å². The van der Waals surface area contributed by atoms with Crippen LogP contribution in [0.4, 0.5) is 4.39 Å². The van der Waals surface area contributed by atoms with Crippen LogP contribution in [0, 0.1) is 5.82 Å². The summed E-state index contributed by atoms with van der Waals surface area (Å²) in [6, 6.07) is 5.59. The number of rotatable bonds is 6. The number of carbonyl (C=O) groups excluding carboxylic acids is 1.